The number of methoxy groups -OCH3 is 1. The van der Waals surface area contributed by atoms with E-state index in [1.54, 1.807) is 19.2 Å². The summed E-state index contributed by atoms with van der Waals surface area (Å²) in [6.07, 6.45) is 6.21. The molecule has 4 heteroatoms. The van der Waals surface area contributed by atoms with E-state index in [1.807, 2.05) is 6.07 Å². The molecule has 0 aliphatic heterocycles. The van der Waals surface area contributed by atoms with Crippen LogP contribution in [-0.4, -0.2) is 24.3 Å². The van der Waals surface area contributed by atoms with Crippen molar-refractivity contribution in [2.75, 3.05) is 7.11 Å². The van der Waals surface area contributed by atoms with Crippen LogP contribution in [0.5, 0.6) is 5.75 Å². The third kappa shape index (κ3) is 4.85. The molecule has 0 fully saturated rings. The Balaban J connectivity index is 2.12. The first-order chi connectivity index (χ1) is 11.2. The van der Waals surface area contributed by atoms with Gasteiger partial charge in [-0.05, 0) is 35.5 Å². The minimum Gasteiger partial charge on any atom is -0.496 e. The Hall–Kier alpha value is -1.78. The van der Waals surface area contributed by atoms with Crippen molar-refractivity contribution < 1.29 is 14.8 Å². The van der Waals surface area contributed by atoms with Crippen molar-refractivity contribution in [3.05, 3.63) is 48.0 Å². The summed E-state index contributed by atoms with van der Waals surface area (Å²) in [4.78, 5) is 0. The Morgan fingerprint density at radius 1 is 0.957 bits per heavy atom. The molecule has 0 aromatic heterocycles. The molecule has 2 aromatic rings. The van der Waals surface area contributed by atoms with Crippen LogP contribution in [-0.2, 0) is 6.42 Å². The molecule has 0 saturated carbocycles. The van der Waals surface area contributed by atoms with Gasteiger partial charge in [-0.1, -0.05) is 62.6 Å². The summed E-state index contributed by atoms with van der Waals surface area (Å²) in [5, 5.41) is 18.5. The maximum absolute atomic E-state index is 9.26. The molecule has 2 rings (SSSR count). The molecule has 3 nitrogen and oxygen atoms in total. The highest BCUT2D eigenvalue weighted by atomic mass is 16.5. The van der Waals surface area contributed by atoms with E-state index in [0.717, 1.165) is 17.5 Å². The smallest absolute Gasteiger partial charge is 0.488 e. The van der Waals surface area contributed by atoms with Crippen LogP contribution >= 0.6 is 0 Å². The lowest BCUT2D eigenvalue weighted by molar-refractivity contribution is 0.413. The van der Waals surface area contributed by atoms with Crippen molar-refractivity contribution in [2.45, 2.75) is 39.0 Å². The second-order valence-electron chi connectivity index (χ2n) is 5.84. The van der Waals surface area contributed by atoms with Crippen molar-refractivity contribution >= 4 is 12.6 Å². The number of rotatable bonds is 8. The minimum atomic E-state index is -1.48. The Kier molecular flexibility index (Phi) is 6.69. The molecule has 0 spiro atoms. The van der Waals surface area contributed by atoms with E-state index >= 15 is 0 Å². The van der Waals surface area contributed by atoms with Crippen LogP contribution in [0.1, 0.15) is 38.2 Å². The fourth-order valence-corrected chi connectivity index (χ4v) is 2.71. The van der Waals surface area contributed by atoms with Gasteiger partial charge in [0.1, 0.15) is 5.75 Å². The number of ether oxygens (including phenoxy) is 1. The Labute approximate surface area is 139 Å². The quantitative estimate of drug-likeness (QED) is 0.581. The molecular weight excluding hydrogens is 287 g/mol. The molecule has 0 unspecified atom stereocenters. The predicted octanol–water partition coefficient (Wildman–Crippen LogP) is 3.16. The molecule has 2 N–H and O–H groups in total. The summed E-state index contributed by atoms with van der Waals surface area (Å²) >= 11 is 0. The average Bonchev–Trinajstić information content (AvgIpc) is 2.58. The number of benzene rings is 2. The van der Waals surface area contributed by atoms with Gasteiger partial charge in [-0.25, -0.2) is 0 Å². The second-order valence-corrected chi connectivity index (χ2v) is 5.84. The maximum Gasteiger partial charge on any atom is 0.488 e. The normalized spacial score (nSPS) is 10.6. The average molecular weight is 312 g/mol. The molecule has 0 aliphatic carbocycles. The molecule has 23 heavy (non-hydrogen) atoms. The first kappa shape index (κ1) is 17.6. The van der Waals surface area contributed by atoms with E-state index in [4.69, 9.17) is 4.74 Å². The zero-order valence-corrected chi connectivity index (χ0v) is 14.0. The zero-order chi connectivity index (χ0) is 16.7. The zero-order valence-electron chi connectivity index (χ0n) is 14.0. The topological polar surface area (TPSA) is 49.7 Å². The summed E-state index contributed by atoms with van der Waals surface area (Å²) in [7, 11) is 0.109. The summed E-state index contributed by atoms with van der Waals surface area (Å²) < 4.78 is 5.39. The highest BCUT2D eigenvalue weighted by Crippen LogP contribution is 2.29. The standard InChI is InChI=1S/C19H25BO3/c1-3-4-5-6-7-15-8-10-16(11-9-15)18-13-12-17(20(21)22)14-19(18)23-2/h8-14,21-22H,3-7H2,1-2H3. The van der Waals surface area contributed by atoms with Gasteiger partial charge in [-0.2, -0.15) is 0 Å². The molecule has 122 valence electrons. The van der Waals surface area contributed by atoms with Crippen molar-refractivity contribution in [2.24, 2.45) is 0 Å². The van der Waals surface area contributed by atoms with Gasteiger partial charge in [0.05, 0.1) is 7.11 Å². The van der Waals surface area contributed by atoms with Crippen LogP contribution in [0.15, 0.2) is 42.5 Å². The highest BCUT2D eigenvalue weighted by Gasteiger charge is 2.14. The van der Waals surface area contributed by atoms with Gasteiger partial charge in [0, 0.05) is 5.56 Å². The first-order valence-electron chi connectivity index (χ1n) is 8.29. The number of aryl methyl sites for hydroxylation is 1. The van der Waals surface area contributed by atoms with Gasteiger partial charge in [0.25, 0.3) is 0 Å². The lowest BCUT2D eigenvalue weighted by Gasteiger charge is -2.11. The fraction of sp³-hybridized carbons (Fsp3) is 0.368. The van der Waals surface area contributed by atoms with Crippen LogP contribution in [0.4, 0.5) is 0 Å². The van der Waals surface area contributed by atoms with Gasteiger partial charge >= 0.3 is 7.12 Å². The van der Waals surface area contributed by atoms with E-state index in [9.17, 15) is 10.0 Å². The van der Waals surface area contributed by atoms with Crippen molar-refractivity contribution in [1.82, 2.24) is 0 Å². The fourth-order valence-electron chi connectivity index (χ4n) is 2.71. The molecule has 0 atom stereocenters. The van der Waals surface area contributed by atoms with E-state index in [1.165, 1.54) is 31.2 Å². The largest absolute Gasteiger partial charge is 0.496 e. The minimum absolute atomic E-state index is 0.429. The van der Waals surface area contributed by atoms with Crippen molar-refractivity contribution in [3.8, 4) is 16.9 Å². The van der Waals surface area contributed by atoms with Crippen molar-refractivity contribution in [1.29, 1.82) is 0 Å². The first-order valence-corrected chi connectivity index (χ1v) is 8.29. The Morgan fingerprint density at radius 2 is 1.70 bits per heavy atom. The molecular formula is C19H25BO3. The molecule has 0 aliphatic rings. The van der Waals surface area contributed by atoms with Crippen LogP contribution < -0.4 is 10.2 Å². The highest BCUT2D eigenvalue weighted by molar-refractivity contribution is 6.58. The maximum atomic E-state index is 9.26. The van der Waals surface area contributed by atoms with E-state index in [-0.39, 0.29) is 0 Å². The molecule has 0 heterocycles. The molecule has 0 amide bonds. The van der Waals surface area contributed by atoms with E-state index in [2.05, 4.69) is 31.2 Å². The van der Waals surface area contributed by atoms with Crippen LogP contribution in [0.25, 0.3) is 11.1 Å². The summed E-state index contributed by atoms with van der Waals surface area (Å²) in [6, 6.07) is 13.8. The number of unbranched alkanes of at least 4 members (excludes halogenated alkanes) is 3. The lowest BCUT2D eigenvalue weighted by Crippen LogP contribution is -2.29. The SMILES string of the molecule is CCCCCCc1ccc(-c2ccc(B(O)O)cc2OC)cc1. The summed E-state index contributed by atoms with van der Waals surface area (Å²) in [6.45, 7) is 2.23. The van der Waals surface area contributed by atoms with Gasteiger partial charge in [-0.15, -0.1) is 0 Å². The third-order valence-corrected chi connectivity index (χ3v) is 4.11. The van der Waals surface area contributed by atoms with Crippen LogP contribution in [0.2, 0.25) is 0 Å². The van der Waals surface area contributed by atoms with Gasteiger partial charge in [-0.3, -0.25) is 0 Å². The number of hydrogen-bond acceptors (Lipinski definition) is 3. The van der Waals surface area contributed by atoms with Gasteiger partial charge < -0.3 is 14.8 Å². The molecule has 0 saturated heterocycles. The molecule has 2 aromatic carbocycles. The number of hydrogen-bond donors (Lipinski definition) is 2. The summed E-state index contributed by atoms with van der Waals surface area (Å²) in [5.41, 5.74) is 3.80. The van der Waals surface area contributed by atoms with E-state index in [0.29, 0.717) is 11.2 Å². The predicted molar refractivity (Wildman–Crippen MR) is 96.1 cm³/mol. The van der Waals surface area contributed by atoms with Gasteiger partial charge in [0.2, 0.25) is 0 Å². The lowest BCUT2D eigenvalue weighted by atomic mass is 9.79. The second kappa shape index (κ2) is 8.75. The Morgan fingerprint density at radius 3 is 2.30 bits per heavy atom. The summed E-state index contributed by atoms with van der Waals surface area (Å²) in [5.74, 6) is 0.645. The molecule has 0 bridgehead atoms. The Bertz CT molecular complexity index is 609. The monoisotopic (exact) mass is 312 g/mol. The van der Waals surface area contributed by atoms with E-state index < -0.39 is 7.12 Å². The van der Waals surface area contributed by atoms with Crippen LogP contribution in [0, 0.1) is 0 Å². The van der Waals surface area contributed by atoms with Crippen LogP contribution in [0.3, 0.4) is 0 Å². The van der Waals surface area contributed by atoms with Crippen molar-refractivity contribution in [3.63, 3.8) is 0 Å². The third-order valence-electron chi connectivity index (χ3n) is 4.11. The van der Waals surface area contributed by atoms with Gasteiger partial charge in [0.15, 0.2) is 0 Å². The molecule has 0 radical (unpaired) electrons.